The monoisotopic (exact) mass is 498 g/mol. The lowest BCUT2D eigenvalue weighted by Crippen LogP contribution is -2.50. The Morgan fingerprint density at radius 1 is 1.11 bits per heavy atom. The quantitative estimate of drug-likeness (QED) is 0.204. The van der Waals surface area contributed by atoms with E-state index in [-0.39, 0.29) is 12.3 Å². The molecule has 0 aromatic heterocycles. The zero-order chi connectivity index (χ0) is 25.3. The van der Waals surface area contributed by atoms with Gasteiger partial charge >= 0.3 is 5.97 Å². The van der Waals surface area contributed by atoms with Crippen LogP contribution in [0.1, 0.15) is 111 Å². The number of carbonyl (C=O) groups is 1. The van der Waals surface area contributed by atoms with E-state index in [1.54, 1.807) is 11.1 Å². The van der Waals surface area contributed by atoms with Gasteiger partial charge in [-0.3, -0.25) is 4.79 Å². The number of hydrogen-bond acceptors (Lipinski definition) is 4. The molecule has 4 heteroatoms. The average molecular weight is 499 g/mol. The Labute approximate surface area is 219 Å². The van der Waals surface area contributed by atoms with Gasteiger partial charge in [-0.15, -0.1) is 0 Å². The fourth-order valence-electron chi connectivity index (χ4n) is 9.35. The van der Waals surface area contributed by atoms with Gasteiger partial charge in [-0.1, -0.05) is 37.1 Å². The minimum Gasteiger partial charge on any atom is -0.469 e. The van der Waals surface area contributed by atoms with E-state index < -0.39 is 0 Å². The predicted molar refractivity (Wildman–Crippen MR) is 143 cm³/mol. The number of allylic oxidation sites excluding steroid dienone is 3. The summed E-state index contributed by atoms with van der Waals surface area (Å²) in [6.07, 6.45) is 21.7. The summed E-state index contributed by atoms with van der Waals surface area (Å²) < 4.78 is 17.2. The van der Waals surface area contributed by atoms with Gasteiger partial charge < -0.3 is 14.2 Å². The topological polar surface area (TPSA) is 44.8 Å². The van der Waals surface area contributed by atoms with Crippen molar-refractivity contribution in [2.75, 3.05) is 13.7 Å². The van der Waals surface area contributed by atoms with Gasteiger partial charge in [0.25, 0.3) is 0 Å². The lowest BCUT2D eigenvalue weighted by molar-refractivity contribution is -0.195. The van der Waals surface area contributed by atoms with Gasteiger partial charge in [0.05, 0.1) is 13.2 Å². The van der Waals surface area contributed by atoms with Crippen molar-refractivity contribution < 1.29 is 19.0 Å². The lowest BCUT2D eigenvalue weighted by atomic mass is 9.47. The number of rotatable bonds is 7. The minimum atomic E-state index is -0.0894. The van der Waals surface area contributed by atoms with Crippen LogP contribution in [-0.4, -0.2) is 32.1 Å². The van der Waals surface area contributed by atoms with E-state index in [1.807, 2.05) is 0 Å². The number of fused-ring (bicyclic) bond motifs is 5. The molecule has 5 aliphatic rings. The molecule has 3 saturated carbocycles. The van der Waals surface area contributed by atoms with Crippen molar-refractivity contribution in [3.8, 4) is 0 Å². The van der Waals surface area contributed by atoms with Crippen LogP contribution in [0.2, 0.25) is 0 Å². The summed E-state index contributed by atoms with van der Waals surface area (Å²) in [7, 11) is 1.48. The highest BCUT2D eigenvalue weighted by Gasteiger charge is 2.58. The molecule has 4 fully saturated rings. The van der Waals surface area contributed by atoms with Gasteiger partial charge in [-0.25, -0.2) is 0 Å². The lowest BCUT2D eigenvalue weighted by Gasteiger charge is -2.58. The zero-order valence-electron chi connectivity index (χ0n) is 23.4. The molecule has 4 nitrogen and oxygen atoms in total. The number of methoxy groups -OCH3 is 1. The van der Waals surface area contributed by atoms with Crippen LogP contribution in [0.4, 0.5) is 0 Å². The Kier molecular flexibility index (Phi) is 8.04. The normalized spacial score (nSPS) is 42.7. The number of unbranched alkanes of at least 4 members (excludes halogenated alkanes) is 1. The van der Waals surface area contributed by atoms with Gasteiger partial charge in [0.2, 0.25) is 0 Å². The predicted octanol–water partition coefficient (Wildman–Crippen LogP) is 7.77. The molecular weight excluding hydrogens is 448 g/mol. The SMILES string of the molecule is COC(=O)CCCC=C(C)[C@H]1CCC2C3CC=C4C[C@@H](OC5CCCCO5)CC[C@]4(C)C3CC[C@@]21C. The minimum absolute atomic E-state index is 0.0348. The first-order chi connectivity index (χ1) is 17.3. The molecule has 1 aliphatic heterocycles. The third-order valence-corrected chi connectivity index (χ3v) is 11.4. The maximum absolute atomic E-state index is 11.5. The number of ether oxygens (including phenoxy) is 3. The summed E-state index contributed by atoms with van der Waals surface area (Å²) in [5, 5.41) is 0. The maximum Gasteiger partial charge on any atom is 0.305 e. The summed E-state index contributed by atoms with van der Waals surface area (Å²) in [6, 6.07) is 0. The van der Waals surface area contributed by atoms with Crippen LogP contribution in [0.3, 0.4) is 0 Å². The van der Waals surface area contributed by atoms with Crippen LogP contribution in [0.25, 0.3) is 0 Å². The molecule has 0 amide bonds. The van der Waals surface area contributed by atoms with Crippen LogP contribution in [0, 0.1) is 34.5 Å². The van der Waals surface area contributed by atoms with Crippen LogP contribution < -0.4 is 0 Å². The van der Waals surface area contributed by atoms with Crippen LogP contribution in [0.5, 0.6) is 0 Å². The van der Waals surface area contributed by atoms with E-state index in [1.165, 1.54) is 64.9 Å². The molecule has 36 heavy (non-hydrogen) atoms. The second-order valence-corrected chi connectivity index (χ2v) is 13.1. The maximum atomic E-state index is 11.5. The summed E-state index contributed by atoms with van der Waals surface area (Å²) >= 11 is 0. The first kappa shape index (κ1) is 26.5. The van der Waals surface area contributed by atoms with Gasteiger partial charge in [-0.05, 0) is 125 Å². The third-order valence-electron chi connectivity index (χ3n) is 11.4. The van der Waals surface area contributed by atoms with Crippen molar-refractivity contribution >= 4 is 5.97 Å². The number of esters is 1. The van der Waals surface area contributed by atoms with Crippen LogP contribution in [0.15, 0.2) is 23.3 Å². The van der Waals surface area contributed by atoms with E-state index >= 15 is 0 Å². The summed E-state index contributed by atoms with van der Waals surface area (Å²) in [5.41, 5.74) is 4.08. The molecule has 0 aromatic carbocycles. The summed E-state index contributed by atoms with van der Waals surface area (Å²) in [5.74, 6) is 3.14. The molecule has 1 saturated heterocycles. The van der Waals surface area contributed by atoms with Crippen molar-refractivity contribution in [2.24, 2.45) is 34.5 Å². The molecule has 0 bridgehead atoms. The Morgan fingerprint density at radius 3 is 2.75 bits per heavy atom. The molecule has 8 atom stereocenters. The number of hydrogen-bond donors (Lipinski definition) is 0. The average Bonchev–Trinajstić information content (AvgIpc) is 3.24. The Balaban J connectivity index is 1.23. The second-order valence-electron chi connectivity index (χ2n) is 13.1. The van der Waals surface area contributed by atoms with E-state index in [2.05, 4.69) is 32.9 Å². The summed E-state index contributed by atoms with van der Waals surface area (Å²) in [4.78, 5) is 11.5. The molecule has 202 valence electrons. The Bertz CT molecular complexity index is 854. The number of carbonyl (C=O) groups excluding carboxylic acids is 1. The Hall–Kier alpha value is -1.13. The van der Waals surface area contributed by atoms with Crippen molar-refractivity contribution in [1.29, 1.82) is 0 Å². The third kappa shape index (κ3) is 4.98. The molecule has 0 spiro atoms. The molecule has 4 aliphatic carbocycles. The first-order valence-electron chi connectivity index (χ1n) is 15.0. The van der Waals surface area contributed by atoms with E-state index in [0.29, 0.717) is 29.3 Å². The standard InChI is InChI=1S/C32H50O4/c1-22(9-5-6-10-29(33)34-4)26-14-15-27-25-13-12-23-21-24(36-30-11-7-8-20-35-30)16-18-31(23,2)28(25)17-19-32(26,27)3/h9,12,24-28,30H,5-8,10-11,13-21H2,1-4H3/t24-,25?,26+,27?,28?,30?,31-,32+/m0/s1. The molecule has 0 N–H and O–H groups in total. The largest absolute Gasteiger partial charge is 0.469 e. The second kappa shape index (κ2) is 10.9. The zero-order valence-corrected chi connectivity index (χ0v) is 23.4. The Morgan fingerprint density at radius 2 is 1.97 bits per heavy atom. The highest BCUT2D eigenvalue weighted by Crippen LogP contribution is 2.67. The van der Waals surface area contributed by atoms with Crippen LogP contribution in [-0.2, 0) is 19.0 Å². The van der Waals surface area contributed by atoms with E-state index in [4.69, 9.17) is 14.2 Å². The molecule has 1 heterocycles. The van der Waals surface area contributed by atoms with Gasteiger partial charge in [0.15, 0.2) is 6.29 Å². The summed E-state index contributed by atoms with van der Waals surface area (Å²) in [6.45, 7) is 8.45. The smallest absolute Gasteiger partial charge is 0.305 e. The van der Waals surface area contributed by atoms with Crippen molar-refractivity contribution in [2.45, 2.75) is 123 Å². The van der Waals surface area contributed by atoms with Gasteiger partial charge in [-0.2, -0.15) is 0 Å². The molecule has 5 rings (SSSR count). The molecule has 4 unspecified atom stereocenters. The van der Waals surface area contributed by atoms with Crippen molar-refractivity contribution in [3.63, 3.8) is 0 Å². The molecule has 0 radical (unpaired) electrons. The molecular formula is C32H50O4. The van der Waals surface area contributed by atoms with E-state index in [0.717, 1.165) is 50.0 Å². The van der Waals surface area contributed by atoms with Crippen molar-refractivity contribution in [3.05, 3.63) is 23.3 Å². The highest BCUT2D eigenvalue weighted by molar-refractivity contribution is 5.69. The van der Waals surface area contributed by atoms with E-state index in [9.17, 15) is 4.79 Å². The fraction of sp³-hybridized carbons (Fsp3) is 0.844. The van der Waals surface area contributed by atoms with Gasteiger partial charge in [0, 0.05) is 13.0 Å². The fourth-order valence-corrected chi connectivity index (χ4v) is 9.35. The highest BCUT2D eigenvalue weighted by atomic mass is 16.7. The first-order valence-corrected chi connectivity index (χ1v) is 15.0. The van der Waals surface area contributed by atoms with Crippen LogP contribution >= 0.6 is 0 Å². The van der Waals surface area contributed by atoms with Crippen molar-refractivity contribution in [1.82, 2.24) is 0 Å². The van der Waals surface area contributed by atoms with Gasteiger partial charge in [0.1, 0.15) is 0 Å². The molecule has 0 aromatic rings.